The Morgan fingerprint density at radius 1 is 1.20 bits per heavy atom. The van der Waals surface area contributed by atoms with Crippen LogP contribution in [0.25, 0.3) is 10.9 Å². The largest absolute Gasteiger partial charge is 0.391 e. The summed E-state index contributed by atoms with van der Waals surface area (Å²) in [5.74, 6) is 0.528. The fourth-order valence-corrected chi connectivity index (χ4v) is 3.90. The molecule has 2 bridgehead atoms. The van der Waals surface area contributed by atoms with Gasteiger partial charge in [0.15, 0.2) is 0 Å². The summed E-state index contributed by atoms with van der Waals surface area (Å²) in [5, 5.41) is 11.8. The number of hydrogen-bond donors (Lipinski definition) is 2. The van der Waals surface area contributed by atoms with E-state index < -0.39 is 0 Å². The molecule has 0 saturated carbocycles. The zero-order chi connectivity index (χ0) is 12.8. The van der Waals surface area contributed by atoms with Crippen LogP contribution in [0.3, 0.4) is 0 Å². The minimum Gasteiger partial charge on any atom is -0.391 e. The molecule has 3 aliphatic rings. The molecule has 3 nitrogen and oxygen atoms in total. The van der Waals surface area contributed by atoms with Crippen LogP contribution in [-0.4, -0.2) is 40.2 Å². The van der Waals surface area contributed by atoms with Crippen LogP contribution in [0.1, 0.15) is 18.4 Å². The Balaban J connectivity index is 0.00000121. The number of benzene rings is 1. The number of rotatable bonds is 2. The minimum absolute atomic E-state index is 0. The summed E-state index contributed by atoms with van der Waals surface area (Å²) in [5.41, 5.74) is 2.54. The Morgan fingerprint density at radius 2 is 1.95 bits per heavy atom. The van der Waals surface area contributed by atoms with Crippen molar-refractivity contribution in [3.63, 3.8) is 0 Å². The summed E-state index contributed by atoms with van der Waals surface area (Å²) in [6, 6.07) is 8.74. The molecule has 2 unspecified atom stereocenters. The topological polar surface area (TPSA) is 39.3 Å². The van der Waals surface area contributed by atoms with Gasteiger partial charge in [-0.1, -0.05) is 18.2 Å². The molecule has 0 spiro atoms. The van der Waals surface area contributed by atoms with Gasteiger partial charge in [0.1, 0.15) is 0 Å². The van der Waals surface area contributed by atoms with Crippen LogP contribution in [0.15, 0.2) is 30.5 Å². The van der Waals surface area contributed by atoms with E-state index in [0.29, 0.717) is 12.0 Å². The highest BCUT2D eigenvalue weighted by Crippen LogP contribution is 2.34. The fraction of sp³-hybridized carbons (Fsp3) is 0.500. The highest BCUT2D eigenvalue weighted by molar-refractivity contribution is 5.85. The predicted octanol–water partition coefficient (Wildman–Crippen LogP) is 2.59. The summed E-state index contributed by atoms with van der Waals surface area (Å²) in [6.45, 7) is 2.32. The third-order valence-corrected chi connectivity index (χ3v) is 5.02. The maximum Gasteiger partial charge on any atom is 0.0727 e. The number of halogens is 1. The SMILES string of the molecule is Cl.OC1C2CCN(CC2)C1Cc1c[nH]c2ccccc12. The number of nitrogens with one attached hydrogen (secondary N) is 1. The normalized spacial score (nSPS) is 32.2. The summed E-state index contributed by atoms with van der Waals surface area (Å²) in [4.78, 5) is 5.82. The van der Waals surface area contributed by atoms with Gasteiger partial charge >= 0.3 is 0 Å². The van der Waals surface area contributed by atoms with E-state index in [1.54, 1.807) is 0 Å². The standard InChI is InChI=1S/C16H20N2O.ClH/c19-16-11-5-7-18(8-6-11)15(16)9-12-10-17-14-4-2-1-3-13(12)14;/h1-4,10-11,15-17,19H,5-9H2;1H. The Bertz CT molecular complexity index is 587. The quantitative estimate of drug-likeness (QED) is 0.893. The molecule has 4 heteroatoms. The third kappa shape index (κ3) is 2.14. The van der Waals surface area contributed by atoms with Gasteiger partial charge in [-0.3, -0.25) is 4.90 Å². The summed E-state index contributed by atoms with van der Waals surface area (Å²) < 4.78 is 0. The van der Waals surface area contributed by atoms with Gasteiger partial charge in [-0.05, 0) is 49.9 Å². The number of aliphatic hydroxyl groups is 1. The second-order valence-corrected chi connectivity index (χ2v) is 5.99. The van der Waals surface area contributed by atoms with E-state index in [0.717, 1.165) is 19.5 Å². The molecule has 3 aliphatic heterocycles. The highest BCUT2D eigenvalue weighted by Gasteiger charge is 2.41. The van der Waals surface area contributed by atoms with E-state index in [4.69, 9.17) is 0 Å². The van der Waals surface area contributed by atoms with Gasteiger partial charge in [0.05, 0.1) is 6.10 Å². The molecule has 1 aromatic heterocycles. The fourth-order valence-electron chi connectivity index (χ4n) is 3.90. The molecule has 0 radical (unpaired) electrons. The Hall–Kier alpha value is -1.03. The summed E-state index contributed by atoms with van der Waals surface area (Å²) in [7, 11) is 0. The number of aromatic amines is 1. The van der Waals surface area contributed by atoms with Crippen molar-refractivity contribution in [1.82, 2.24) is 9.88 Å². The number of piperidine rings is 3. The lowest BCUT2D eigenvalue weighted by molar-refractivity contribution is -0.0714. The molecule has 20 heavy (non-hydrogen) atoms. The summed E-state index contributed by atoms with van der Waals surface area (Å²) in [6.07, 6.45) is 5.27. The van der Waals surface area contributed by atoms with Crippen molar-refractivity contribution in [3.8, 4) is 0 Å². The lowest BCUT2D eigenvalue weighted by Crippen LogP contribution is -2.58. The van der Waals surface area contributed by atoms with Crippen molar-refractivity contribution < 1.29 is 5.11 Å². The molecule has 2 aromatic rings. The number of nitrogens with zero attached hydrogens (tertiary/aromatic N) is 1. The summed E-state index contributed by atoms with van der Waals surface area (Å²) >= 11 is 0. The van der Waals surface area contributed by atoms with E-state index in [1.807, 2.05) is 0 Å². The maximum absolute atomic E-state index is 10.5. The number of para-hydroxylation sites is 1. The van der Waals surface area contributed by atoms with Crippen LogP contribution in [0, 0.1) is 5.92 Å². The second kappa shape index (κ2) is 5.40. The first-order chi connectivity index (χ1) is 9.33. The zero-order valence-electron chi connectivity index (χ0n) is 11.5. The van der Waals surface area contributed by atoms with Gasteiger partial charge in [-0.25, -0.2) is 0 Å². The molecule has 2 N–H and O–H groups in total. The molecule has 3 saturated heterocycles. The van der Waals surface area contributed by atoms with Gasteiger partial charge in [0.25, 0.3) is 0 Å². The molecule has 0 amide bonds. The minimum atomic E-state index is -0.142. The molecule has 108 valence electrons. The lowest BCUT2D eigenvalue weighted by atomic mass is 9.78. The van der Waals surface area contributed by atoms with E-state index in [-0.39, 0.29) is 18.5 Å². The van der Waals surface area contributed by atoms with E-state index in [1.165, 1.54) is 29.3 Å². The van der Waals surface area contributed by atoms with Crippen LogP contribution in [0.4, 0.5) is 0 Å². The van der Waals surface area contributed by atoms with Crippen molar-refractivity contribution >= 4 is 23.3 Å². The lowest BCUT2D eigenvalue weighted by Gasteiger charge is -2.49. The van der Waals surface area contributed by atoms with E-state index >= 15 is 0 Å². The highest BCUT2D eigenvalue weighted by atomic mass is 35.5. The molecule has 0 aliphatic carbocycles. The van der Waals surface area contributed by atoms with Gasteiger partial charge in [-0.2, -0.15) is 0 Å². The first-order valence-corrected chi connectivity index (χ1v) is 7.30. The average Bonchev–Trinajstić information content (AvgIpc) is 2.87. The molecule has 2 atom stereocenters. The number of H-pyrrole nitrogens is 1. The molecular weight excluding hydrogens is 272 g/mol. The van der Waals surface area contributed by atoms with Crippen molar-refractivity contribution in [3.05, 3.63) is 36.0 Å². The monoisotopic (exact) mass is 292 g/mol. The Labute approximate surface area is 125 Å². The maximum atomic E-state index is 10.5. The van der Waals surface area contributed by atoms with Gasteiger partial charge in [-0.15, -0.1) is 12.4 Å². The molecule has 5 rings (SSSR count). The number of hydrogen-bond acceptors (Lipinski definition) is 2. The second-order valence-electron chi connectivity index (χ2n) is 5.99. The van der Waals surface area contributed by atoms with Crippen LogP contribution in [0.2, 0.25) is 0 Å². The molecule has 3 fully saturated rings. The Morgan fingerprint density at radius 3 is 2.70 bits per heavy atom. The molecule has 1 aromatic carbocycles. The number of aliphatic hydroxyl groups excluding tert-OH is 1. The van der Waals surface area contributed by atoms with Crippen molar-refractivity contribution in [2.24, 2.45) is 5.92 Å². The first-order valence-electron chi connectivity index (χ1n) is 7.30. The van der Waals surface area contributed by atoms with E-state index in [9.17, 15) is 5.11 Å². The van der Waals surface area contributed by atoms with Crippen molar-refractivity contribution in [1.29, 1.82) is 0 Å². The van der Waals surface area contributed by atoms with Crippen LogP contribution >= 0.6 is 12.4 Å². The van der Waals surface area contributed by atoms with Crippen LogP contribution < -0.4 is 0 Å². The number of fused-ring (bicyclic) bond motifs is 4. The Kier molecular flexibility index (Phi) is 3.76. The van der Waals surface area contributed by atoms with Crippen LogP contribution in [0.5, 0.6) is 0 Å². The average molecular weight is 293 g/mol. The van der Waals surface area contributed by atoms with E-state index in [2.05, 4.69) is 40.3 Å². The van der Waals surface area contributed by atoms with Gasteiger partial charge in [0.2, 0.25) is 0 Å². The first kappa shape index (κ1) is 13.9. The molecule has 4 heterocycles. The zero-order valence-corrected chi connectivity index (χ0v) is 12.3. The smallest absolute Gasteiger partial charge is 0.0727 e. The molecular formula is C16H21ClN2O. The van der Waals surface area contributed by atoms with Crippen LogP contribution in [-0.2, 0) is 6.42 Å². The van der Waals surface area contributed by atoms with Crippen molar-refractivity contribution in [2.75, 3.05) is 13.1 Å². The number of aromatic nitrogens is 1. The van der Waals surface area contributed by atoms with Gasteiger partial charge in [0, 0.05) is 23.1 Å². The van der Waals surface area contributed by atoms with Gasteiger partial charge < -0.3 is 10.1 Å². The third-order valence-electron chi connectivity index (χ3n) is 5.02. The van der Waals surface area contributed by atoms with Crippen molar-refractivity contribution in [2.45, 2.75) is 31.4 Å². The predicted molar refractivity (Wildman–Crippen MR) is 83.3 cm³/mol.